The molecule has 4 atom stereocenters. The summed E-state index contributed by atoms with van der Waals surface area (Å²) in [4.78, 5) is 54.2. The Labute approximate surface area is 205 Å². The summed E-state index contributed by atoms with van der Waals surface area (Å²) < 4.78 is 5.02. The minimum atomic E-state index is -0.850. The molecule has 0 aromatic heterocycles. The zero-order chi connectivity index (χ0) is 26.6. The number of carbonyl (C=O) groups is 4. The first-order chi connectivity index (χ1) is 15.4. The zero-order valence-corrected chi connectivity index (χ0v) is 22.9. The molecule has 1 saturated heterocycles. The molecule has 1 rings (SSSR count). The molecule has 34 heavy (non-hydrogen) atoms. The van der Waals surface area contributed by atoms with Gasteiger partial charge in [0.15, 0.2) is 0 Å². The van der Waals surface area contributed by atoms with Crippen LogP contribution in [0.4, 0.5) is 4.79 Å². The van der Waals surface area contributed by atoms with E-state index in [1.54, 1.807) is 16.8 Å². The van der Waals surface area contributed by atoms with Crippen molar-refractivity contribution in [3.8, 4) is 0 Å². The standard InChI is InChI=1S/C25H46N4O5/c1-15(2)17-12-13-29(19(17)22(32)34-11)21(31)20(25(7,8)9)27-23(33)26-18(24(4,5)6)14-28(10)16(3)30/h15,17-20H,12-14H2,1-11H3,(H2,26,27,33)/t17-,18-,19+,20-/m1/s1. The molecule has 0 saturated carbocycles. The van der Waals surface area contributed by atoms with E-state index in [-0.39, 0.29) is 35.1 Å². The van der Waals surface area contributed by atoms with Gasteiger partial charge in [-0.2, -0.15) is 0 Å². The molecule has 0 aromatic carbocycles. The van der Waals surface area contributed by atoms with Gasteiger partial charge in [0, 0.05) is 27.1 Å². The second-order valence-corrected chi connectivity index (χ2v) is 11.9. The van der Waals surface area contributed by atoms with Crippen LogP contribution in [0.25, 0.3) is 0 Å². The van der Waals surface area contributed by atoms with E-state index in [2.05, 4.69) is 10.6 Å². The lowest BCUT2D eigenvalue weighted by Crippen LogP contribution is -2.61. The fourth-order valence-corrected chi connectivity index (χ4v) is 4.27. The van der Waals surface area contributed by atoms with Crippen LogP contribution in [-0.2, 0) is 19.1 Å². The van der Waals surface area contributed by atoms with Crippen LogP contribution in [0.3, 0.4) is 0 Å². The van der Waals surface area contributed by atoms with Gasteiger partial charge in [0.25, 0.3) is 0 Å². The van der Waals surface area contributed by atoms with Crippen LogP contribution in [0.5, 0.6) is 0 Å². The van der Waals surface area contributed by atoms with Crippen LogP contribution in [0, 0.1) is 22.7 Å². The first-order valence-corrected chi connectivity index (χ1v) is 12.1. The molecule has 9 heteroatoms. The SMILES string of the molecule is COC(=O)[C@@H]1[C@@H](C(C)C)CCN1C(=O)[C@@H](NC(=O)N[C@H](CN(C)C(C)=O)C(C)(C)C)C(C)(C)C. The number of rotatable bonds is 7. The van der Waals surface area contributed by atoms with Crippen LogP contribution in [-0.4, -0.2) is 79.0 Å². The maximum Gasteiger partial charge on any atom is 0.328 e. The summed E-state index contributed by atoms with van der Waals surface area (Å²) in [5.74, 6) is -0.617. The van der Waals surface area contributed by atoms with Crippen molar-refractivity contribution in [2.45, 2.75) is 86.9 Å². The molecule has 1 fully saturated rings. The van der Waals surface area contributed by atoms with Crippen molar-refractivity contribution in [1.82, 2.24) is 20.4 Å². The third kappa shape index (κ3) is 7.60. The molecule has 1 aliphatic rings. The summed E-state index contributed by atoms with van der Waals surface area (Å²) in [5.41, 5.74) is -0.921. The van der Waals surface area contributed by atoms with Gasteiger partial charge < -0.3 is 25.2 Å². The summed E-state index contributed by atoms with van der Waals surface area (Å²) >= 11 is 0. The van der Waals surface area contributed by atoms with Gasteiger partial charge in [-0.15, -0.1) is 0 Å². The normalized spacial score (nSPS) is 20.5. The molecule has 1 aliphatic heterocycles. The van der Waals surface area contributed by atoms with Crippen molar-refractivity contribution in [1.29, 1.82) is 0 Å². The Morgan fingerprint density at radius 2 is 1.59 bits per heavy atom. The van der Waals surface area contributed by atoms with Gasteiger partial charge in [-0.25, -0.2) is 9.59 Å². The van der Waals surface area contributed by atoms with E-state index in [1.165, 1.54) is 14.0 Å². The van der Waals surface area contributed by atoms with Crippen molar-refractivity contribution in [2.75, 3.05) is 27.2 Å². The number of carbonyl (C=O) groups excluding carboxylic acids is 4. The number of ether oxygens (including phenoxy) is 1. The molecule has 9 nitrogen and oxygen atoms in total. The maximum absolute atomic E-state index is 13.7. The number of amides is 4. The molecule has 0 aromatic rings. The molecule has 2 N–H and O–H groups in total. The van der Waals surface area contributed by atoms with E-state index >= 15 is 0 Å². The fraction of sp³-hybridized carbons (Fsp3) is 0.840. The number of likely N-dealkylation sites (tertiary alicyclic amines) is 1. The minimum Gasteiger partial charge on any atom is -0.467 e. The Morgan fingerprint density at radius 3 is 2.00 bits per heavy atom. The van der Waals surface area contributed by atoms with Crippen molar-refractivity contribution < 1.29 is 23.9 Å². The lowest BCUT2D eigenvalue weighted by atomic mass is 9.84. The van der Waals surface area contributed by atoms with Gasteiger partial charge in [0.1, 0.15) is 12.1 Å². The van der Waals surface area contributed by atoms with E-state index < -0.39 is 29.5 Å². The first-order valence-electron chi connectivity index (χ1n) is 12.1. The Kier molecular flexibility index (Phi) is 9.97. The first kappa shape index (κ1) is 29.7. The van der Waals surface area contributed by atoms with Crippen LogP contribution < -0.4 is 10.6 Å². The Balaban J connectivity index is 3.13. The van der Waals surface area contributed by atoms with Gasteiger partial charge in [0.05, 0.1) is 13.2 Å². The smallest absolute Gasteiger partial charge is 0.328 e. The van der Waals surface area contributed by atoms with Gasteiger partial charge in [0.2, 0.25) is 11.8 Å². The van der Waals surface area contributed by atoms with Crippen LogP contribution >= 0.6 is 0 Å². The maximum atomic E-state index is 13.7. The average molecular weight is 483 g/mol. The summed E-state index contributed by atoms with van der Waals surface area (Å²) in [6, 6.07) is -2.34. The van der Waals surface area contributed by atoms with Crippen LogP contribution in [0.15, 0.2) is 0 Å². The summed E-state index contributed by atoms with van der Waals surface area (Å²) in [5, 5.41) is 5.82. The molecular weight excluding hydrogens is 436 g/mol. The molecule has 0 bridgehead atoms. The number of nitrogens with one attached hydrogen (secondary N) is 2. The lowest BCUT2D eigenvalue weighted by molar-refractivity contribution is -0.154. The monoisotopic (exact) mass is 482 g/mol. The number of esters is 1. The van der Waals surface area contributed by atoms with E-state index in [9.17, 15) is 19.2 Å². The third-order valence-electron chi connectivity index (χ3n) is 6.76. The third-order valence-corrected chi connectivity index (χ3v) is 6.76. The second-order valence-electron chi connectivity index (χ2n) is 11.9. The van der Waals surface area contributed by atoms with E-state index in [1.807, 2.05) is 55.4 Å². The Morgan fingerprint density at radius 1 is 1.03 bits per heavy atom. The van der Waals surface area contributed by atoms with E-state index in [0.717, 1.165) is 0 Å². The van der Waals surface area contributed by atoms with Crippen molar-refractivity contribution in [3.05, 3.63) is 0 Å². The highest BCUT2D eigenvalue weighted by Crippen LogP contribution is 2.33. The number of methoxy groups -OCH3 is 1. The highest BCUT2D eigenvalue weighted by atomic mass is 16.5. The Hall–Kier alpha value is -2.32. The average Bonchev–Trinajstić information content (AvgIpc) is 3.14. The molecular formula is C25H46N4O5. The predicted molar refractivity (Wildman–Crippen MR) is 132 cm³/mol. The van der Waals surface area contributed by atoms with E-state index in [0.29, 0.717) is 19.5 Å². The highest BCUT2D eigenvalue weighted by Gasteiger charge is 2.47. The Bertz CT molecular complexity index is 753. The molecule has 0 aliphatic carbocycles. The van der Waals surface area contributed by atoms with Crippen molar-refractivity contribution in [2.24, 2.45) is 22.7 Å². The van der Waals surface area contributed by atoms with Crippen molar-refractivity contribution >= 4 is 23.8 Å². The number of nitrogens with zero attached hydrogens (tertiary/aromatic N) is 2. The quantitative estimate of drug-likeness (QED) is 0.543. The van der Waals surface area contributed by atoms with Gasteiger partial charge in [-0.1, -0.05) is 55.4 Å². The number of urea groups is 1. The molecule has 0 spiro atoms. The second kappa shape index (κ2) is 11.4. The summed E-state index contributed by atoms with van der Waals surface area (Å²) in [7, 11) is 3.02. The van der Waals surface area contributed by atoms with Crippen LogP contribution in [0.1, 0.15) is 68.7 Å². The fourth-order valence-electron chi connectivity index (χ4n) is 4.27. The topological polar surface area (TPSA) is 108 Å². The largest absolute Gasteiger partial charge is 0.467 e. The molecule has 0 radical (unpaired) electrons. The van der Waals surface area contributed by atoms with E-state index in [4.69, 9.17) is 4.74 Å². The molecule has 196 valence electrons. The summed E-state index contributed by atoms with van der Waals surface area (Å²) in [6.07, 6.45) is 0.704. The zero-order valence-electron chi connectivity index (χ0n) is 22.9. The van der Waals surface area contributed by atoms with Crippen molar-refractivity contribution in [3.63, 3.8) is 0 Å². The number of likely N-dealkylation sites (N-methyl/N-ethyl adjacent to an activating group) is 1. The van der Waals surface area contributed by atoms with Gasteiger partial charge in [-0.05, 0) is 29.1 Å². The molecule has 1 heterocycles. The van der Waals surface area contributed by atoms with Gasteiger partial charge in [-0.3, -0.25) is 9.59 Å². The number of hydrogen-bond acceptors (Lipinski definition) is 5. The minimum absolute atomic E-state index is 0.00164. The van der Waals surface area contributed by atoms with Crippen LogP contribution in [0.2, 0.25) is 0 Å². The van der Waals surface area contributed by atoms with Gasteiger partial charge >= 0.3 is 12.0 Å². The lowest BCUT2D eigenvalue weighted by Gasteiger charge is -2.38. The predicted octanol–water partition coefficient (Wildman–Crippen LogP) is 2.64. The molecule has 4 amide bonds. The molecule has 0 unspecified atom stereocenters. The summed E-state index contributed by atoms with van der Waals surface area (Å²) in [6.45, 7) is 17.9. The number of hydrogen-bond donors (Lipinski definition) is 2. The highest BCUT2D eigenvalue weighted by molar-refractivity contribution is 5.91.